The van der Waals surface area contributed by atoms with Crippen molar-refractivity contribution in [2.45, 2.75) is 0 Å². The van der Waals surface area contributed by atoms with Gasteiger partial charge in [0.2, 0.25) is 0 Å². The Morgan fingerprint density at radius 1 is 1.35 bits per heavy atom. The number of pyridine rings is 1. The van der Waals surface area contributed by atoms with Crippen LogP contribution < -0.4 is 11.1 Å². The minimum atomic E-state index is -0.344. The highest BCUT2D eigenvalue weighted by atomic mass is 79.9. The van der Waals surface area contributed by atoms with E-state index in [9.17, 15) is 4.39 Å². The summed E-state index contributed by atoms with van der Waals surface area (Å²) in [6.45, 7) is 0. The fraction of sp³-hybridized carbons (Fsp3) is 0. The molecule has 0 fully saturated rings. The number of nitrogens with two attached hydrogens (primary N) is 1. The van der Waals surface area contributed by atoms with E-state index in [1.807, 2.05) is 0 Å². The molecule has 0 aliphatic rings. The molecule has 17 heavy (non-hydrogen) atoms. The van der Waals surface area contributed by atoms with Crippen LogP contribution in [0.25, 0.3) is 0 Å². The molecule has 0 saturated carbocycles. The average molecular weight is 317 g/mol. The van der Waals surface area contributed by atoms with Gasteiger partial charge in [0.1, 0.15) is 5.82 Å². The number of hydrogen-bond donors (Lipinski definition) is 2. The number of anilines is 3. The van der Waals surface area contributed by atoms with Crippen molar-refractivity contribution in [3.63, 3.8) is 0 Å². The predicted octanol–water partition coefficient (Wildman–Crippen LogP) is 3.96. The number of nitrogens with one attached hydrogen (secondary N) is 1. The number of aromatic nitrogens is 1. The van der Waals surface area contributed by atoms with E-state index in [0.29, 0.717) is 22.2 Å². The predicted molar refractivity (Wildman–Crippen MR) is 71.0 cm³/mol. The number of hydrogen-bond acceptors (Lipinski definition) is 3. The van der Waals surface area contributed by atoms with Crippen molar-refractivity contribution >= 4 is 44.7 Å². The molecule has 2 aromatic rings. The van der Waals surface area contributed by atoms with Crippen LogP contribution in [0, 0.1) is 5.82 Å². The van der Waals surface area contributed by atoms with E-state index >= 15 is 0 Å². The molecule has 0 bridgehead atoms. The second kappa shape index (κ2) is 4.89. The highest BCUT2D eigenvalue weighted by Crippen LogP contribution is 2.28. The molecule has 0 amide bonds. The summed E-state index contributed by atoms with van der Waals surface area (Å²) in [7, 11) is 0. The Labute approximate surface area is 111 Å². The van der Waals surface area contributed by atoms with Crippen molar-refractivity contribution in [3.8, 4) is 0 Å². The standard InChI is InChI=1S/C11H8BrClFN3/c12-8-2-1-7(14)4-10(8)17-11-9(15)3-6(13)5-16-11/h1-5H,15H2,(H,16,17). The smallest absolute Gasteiger partial charge is 0.153 e. The van der Waals surface area contributed by atoms with Gasteiger partial charge < -0.3 is 11.1 Å². The normalized spacial score (nSPS) is 10.3. The van der Waals surface area contributed by atoms with Gasteiger partial charge in [-0.1, -0.05) is 11.6 Å². The molecule has 2 rings (SSSR count). The number of benzene rings is 1. The summed E-state index contributed by atoms with van der Waals surface area (Å²) < 4.78 is 13.8. The van der Waals surface area contributed by atoms with Crippen LogP contribution >= 0.6 is 27.5 Å². The molecule has 0 aliphatic carbocycles. The second-order valence-corrected chi connectivity index (χ2v) is 4.63. The third kappa shape index (κ3) is 2.87. The van der Waals surface area contributed by atoms with E-state index in [-0.39, 0.29) is 5.82 Å². The Hall–Kier alpha value is -1.33. The molecule has 6 heteroatoms. The summed E-state index contributed by atoms with van der Waals surface area (Å²) in [6.07, 6.45) is 1.47. The van der Waals surface area contributed by atoms with Gasteiger partial charge in [0, 0.05) is 10.7 Å². The Morgan fingerprint density at radius 2 is 2.12 bits per heavy atom. The summed E-state index contributed by atoms with van der Waals surface area (Å²) in [5.74, 6) is 0.0870. The monoisotopic (exact) mass is 315 g/mol. The minimum Gasteiger partial charge on any atom is -0.396 e. The molecule has 1 heterocycles. The SMILES string of the molecule is Nc1cc(Cl)cnc1Nc1cc(F)ccc1Br. The van der Waals surface area contributed by atoms with Crippen LogP contribution in [0.2, 0.25) is 5.02 Å². The summed E-state index contributed by atoms with van der Waals surface area (Å²) >= 11 is 9.04. The lowest BCUT2D eigenvalue weighted by Crippen LogP contribution is -1.99. The van der Waals surface area contributed by atoms with Crippen molar-refractivity contribution in [2.75, 3.05) is 11.1 Å². The summed E-state index contributed by atoms with van der Waals surface area (Å²) in [6, 6.07) is 5.88. The number of rotatable bonds is 2. The van der Waals surface area contributed by atoms with E-state index in [0.717, 1.165) is 4.47 Å². The third-order valence-electron chi connectivity index (χ3n) is 2.07. The van der Waals surface area contributed by atoms with Crippen molar-refractivity contribution in [1.82, 2.24) is 4.98 Å². The van der Waals surface area contributed by atoms with Crippen molar-refractivity contribution < 1.29 is 4.39 Å². The number of halogens is 3. The zero-order valence-corrected chi connectivity index (χ0v) is 10.9. The maximum atomic E-state index is 13.1. The Balaban J connectivity index is 2.34. The van der Waals surface area contributed by atoms with Crippen LogP contribution in [0.1, 0.15) is 0 Å². The first-order valence-electron chi connectivity index (χ1n) is 4.69. The van der Waals surface area contributed by atoms with Gasteiger partial charge in [0.15, 0.2) is 5.82 Å². The molecule has 0 saturated heterocycles. The van der Waals surface area contributed by atoms with Crippen molar-refractivity contribution in [1.29, 1.82) is 0 Å². The molecule has 0 radical (unpaired) electrons. The van der Waals surface area contributed by atoms with Gasteiger partial charge in [-0.15, -0.1) is 0 Å². The lowest BCUT2D eigenvalue weighted by molar-refractivity contribution is 0.628. The molecule has 0 atom stereocenters. The molecule has 0 unspecified atom stereocenters. The van der Waals surface area contributed by atoms with Gasteiger partial charge in [0.25, 0.3) is 0 Å². The first kappa shape index (κ1) is 12.1. The minimum absolute atomic E-state index is 0.344. The van der Waals surface area contributed by atoms with Crippen LogP contribution in [0.4, 0.5) is 21.6 Å². The maximum Gasteiger partial charge on any atom is 0.153 e. The van der Waals surface area contributed by atoms with Gasteiger partial charge in [-0.3, -0.25) is 0 Å². The maximum absolute atomic E-state index is 13.1. The molecule has 0 spiro atoms. The molecule has 1 aromatic carbocycles. The van der Waals surface area contributed by atoms with Crippen LogP contribution in [-0.4, -0.2) is 4.98 Å². The van der Waals surface area contributed by atoms with E-state index in [4.69, 9.17) is 17.3 Å². The van der Waals surface area contributed by atoms with Crippen molar-refractivity contribution in [3.05, 3.63) is 45.8 Å². The Kier molecular flexibility index (Phi) is 3.49. The Bertz CT molecular complexity index is 562. The number of nitrogen functional groups attached to an aromatic ring is 1. The molecular weight excluding hydrogens is 308 g/mol. The topological polar surface area (TPSA) is 50.9 Å². The first-order valence-corrected chi connectivity index (χ1v) is 5.86. The van der Waals surface area contributed by atoms with Gasteiger partial charge in [-0.2, -0.15) is 0 Å². The largest absolute Gasteiger partial charge is 0.396 e. The molecule has 1 aromatic heterocycles. The quantitative estimate of drug-likeness (QED) is 0.881. The zero-order valence-electron chi connectivity index (χ0n) is 8.55. The lowest BCUT2D eigenvalue weighted by atomic mass is 10.3. The van der Waals surface area contributed by atoms with Crippen LogP contribution in [-0.2, 0) is 0 Å². The number of nitrogens with zero attached hydrogens (tertiary/aromatic N) is 1. The van der Waals surface area contributed by atoms with Gasteiger partial charge in [-0.25, -0.2) is 9.37 Å². The van der Waals surface area contributed by atoms with Crippen molar-refractivity contribution in [2.24, 2.45) is 0 Å². The zero-order chi connectivity index (χ0) is 12.4. The fourth-order valence-electron chi connectivity index (χ4n) is 1.28. The van der Waals surface area contributed by atoms with Gasteiger partial charge >= 0.3 is 0 Å². The third-order valence-corrected chi connectivity index (χ3v) is 2.96. The second-order valence-electron chi connectivity index (χ2n) is 3.34. The summed E-state index contributed by atoms with van der Waals surface area (Å²) in [5, 5.41) is 3.38. The molecule has 88 valence electrons. The highest BCUT2D eigenvalue weighted by molar-refractivity contribution is 9.10. The molecular formula is C11H8BrClFN3. The van der Waals surface area contributed by atoms with Crippen LogP contribution in [0.3, 0.4) is 0 Å². The molecule has 3 nitrogen and oxygen atoms in total. The highest BCUT2D eigenvalue weighted by Gasteiger charge is 2.06. The summed E-state index contributed by atoms with van der Waals surface area (Å²) in [4.78, 5) is 4.03. The van der Waals surface area contributed by atoms with Crippen LogP contribution in [0.5, 0.6) is 0 Å². The molecule has 3 N–H and O–H groups in total. The fourth-order valence-corrected chi connectivity index (χ4v) is 1.79. The van der Waals surface area contributed by atoms with Gasteiger partial charge in [0.05, 0.1) is 16.4 Å². The first-order chi connectivity index (χ1) is 8.06. The van der Waals surface area contributed by atoms with E-state index in [1.54, 1.807) is 12.1 Å². The van der Waals surface area contributed by atoms with E-state index < -0.39 is 0 Å². The lowest BCUT2D eigenvalue weighted by Gasteiger charge is -2.10. The van der Waals surface area contributed by atoms with Gasteiger partial charge in [-0.05, 0) is 40.2 Å². The van der Waals surface area contributed by atoms with E-state index in [2.05, 4.69) is 26.2 Å². The summed E-state index contributed by atoms with van der Waals surface area (Å²) in [5.41, 5.74) is 6.68. The average Bonchev–Trinajstić information content (AvgIpc) is 2.27. The van der Waals surface area contributed by atoms with E-state index in [1.165, 1.54) is 18.3 Å². The molecule has 0 aliphatic heterocycles. The Morgan fingerprint density at radius 3 is 2.82 bits per heavy atom. The van der Waals surface area contributed by atoms with Crippen LogP contribution in [0.15, 0.2) is 34.9 Å².